The summed E-state index contributed by atoms with van der Waals surface area (Å²) in [6, 6.07) is 0. The summed E-state index contributed by atoms with van der Waals surface area (Å²) in [5.74, 6) is 0.958. The topological polar surface area (TPSA) is 30.0 Å². The molecule has 0 spiro atoms. The van der Waals surface area contributed by atoms with Gasteiger partial charge >= 0.3 is 0 Å². The van der Waals surface area contributed by atoms with Crippen LogP contribution >= 0.6 is 11.3 Å². The van der Waals surface area contributed by atoms with Crippen LogP contribution in [-0.2, 0) is 11.2 Å². The molecule has 88 valence electrons. The molecule has 1 aliphatic carbocycles. The van der Waals surface area contributed by atoms with E-state index in [2.05, 4.69) is 10.4 Å². The monoisotopic (exact) mass is 237 g/mol. The number of carbonyl (C=O) groups is 1. The van der Waals surface area contributed by atoms with Crippen LogP contribution in [0.4, 0.5) is 0 Å². The lowest BCUT2D eigenvalue weighted by molar-refractivity contribution is -0.118. The smallest absolute Gasteiger partial charge is 0.139 e. The van der Waals surface area contributed by atoms with Crippen molar-refractivity contribution in [2.24, 2.45) is 0 Å². The van der Waals surface area contributed by atoms with Crippen LogP contribution in [0.25, 0.3) is 0 Å². The van der Waals surface area contributed by atoms with Crippen molar-refractivity contribution in [3.05, 3.63) is 16.1 Å². The van der Waals surface area contributed by atoms with E-state index in [1.165, 1.54) is 37.8 Å². The lowest BCUT2D eigenvalue weighted by Gasteiger charge is -2.19. The van der Waals surface area contributed by atoms with Gasteiger partial charge in [0.05, 0.1) is 12.1 Å². The maximum atomic E-state index is 11.3. The first kappa shape index (κ1) is 11.8. The summed E-state index contributed by atoms with van der Waals surface area (Å²) < 4.78 is 0. The van der Waals surface area contributed by atoms with Crippen molar-refractivity contribution in [1.82, 2.24) is 4.98 Å². The number of carbonyl (C=O) groups excluding carboxylic acids is 1. The van der Waals surface area contributed by atoms with Gasteiger partial charge in [-0.25, -0.2) is 4.98 Å². The van der Waals surface area contributed by atoms with E-state index in [4.69, 9.17) is 0 Å². The molecular weight excluding hydrogens is 218 g/mol. The van der Waals surface area contributed by atoms with Crippen LogP contribution in [-0.4, -0.2) is 10.8 Å². The van der Waals surface area contributed by atoms with Gasteiger partial charge in [0.25, 0.3) is 0 Å². The molecule has 1 fully saturated rings. The lowest BCUT2D eigenvalue weighted by Crippen LogP contribution is -2.05. The molecule has 0 N–H and O–H groups in total. The highest BCUT2D eigenvalue weighted by Crippen LogP contribution is 2.33. The largest absolute Gasteiger partial charge is 0.299 e. The Morgan fingerprint density at radius 3 is 2.88 bits per heavy atom. The van der Waals surface area contributed by atoms with Gasteiger partial charge in [0.2, 0.25) is 0 Å². The van der Waals surface area contributed by atoms with Crippen LogP contribution in [0.15, 0.2) is 5.38 Å². The summed E-state index contributed by atoms with van der Waals surface area (Å²) in [4.78, 5) is 16.0. The molecule has 0 radical (unpaired) electrons. The summed E-state index contributed by atoms with van der Waals surface area (Å²) in [5.41, 5.74) is 1.24. The molecule has 0 unspecified atom stereocenters. The summed E-state index contributed by atoms with van der Waals surface area (Å²) >= 11 is 1.65. The molecule has 0 bridgehead atoms. The van der Waals surface area contributed by atoms with Crippen molar-refractivity contribution in [3.8, 4) is 0 Å². The Morgan fingerprint density at radius 2 is 2.19 bits per heavy atom. The van der Waals surface area contributed by atoms with Crippen molar-refractivity contribution in [3.63, 3.8) is 0 Å². The molecule has 2 nitrogen and oxygen atoms in total. The molecule has 0 aromatic carbocycles. The van der Waals surface area contributed by atoms with Crippen LogP contribution in [0.3, 0.4) is 0 Å². The number of aromatic nitrogens is 1. The van der Waals surface area contributed by atoms with E-state index in [-0.39, 0.29) is 0 Å². The number of rotatable bonds is 4. The predicted molar refractivity (Wildman–Crippen MR) is 66.9 cm³/mol. The molecule has 1 aromatic heterocycles. The van der Waals surface area contributed by atoms with Crippen LogP contribution < -0.4 is 0 Å². The van der Waals surface area contributed by atoms with Gasteiger partial charge in [-0.05, 0) is 12.8 Å². The molecule has 1 aromatic rings. The highest BCUT2D eigenvalue weighted by Gasteiger charge is 2.18. The van der Waals surface area contributed by atoms with E-state index >= 15 is 0 Å². The first-order valence-corrected chi connectivity index (χ1v) is 7.13. The maximum Gasteiger partial charge on any atom is 0.139 e. The number of Topliss-reactive ketones (excluding diaryl/α,β-unsaturated/α-hetero) is 1. The van der Waals surface area contributed by atoms with Gasteiger partial charge in [0, 0.05) is 17.7 Å². The maximum absolute atomic E-state index is 11.3. The molecule has 0 aliphatic heterocycles. The zero-order valence-electron chi connectivity index (χ0n) is 9.87. The molecule has 1 aliphatic rings. The van der Waals surface area contributed by atoms with Crippen molar-refractivity contribution >= 4 is 17.1 Å². The fourth-order valence-corrected chi connectivity index (χ4v) is 3.19. The predicted octanol–water partition coefficient (Wildman–Crippen LogP) is 3.71. The lowest BCUT2D eigenvalue weighted by atomic mass is 9.87. The van der Waals surface area contributed by atoms with Gasteiger partial charge in [-0.2, -0.15) is 0 Å². The number of thiazole rings is 1. The Balaban J connectivity index is 1.98. The normalized spacial score (nSPS) is 17.6. The Kier molecular flexibility index (Phi) is 4.10. The first-order valence-electron chi connectivity index (χ1n) is 6.25. The summed E-state index contributed by atoms with van der Waals surface area (Å²) in [6.45, 7) is 1.91. The molecule has 16 heavy (non-hydrogen) atoms. The molecule has 1 saturated carbocycles. The van der Waals surface area contributed by atoms with E-state index in [1.54, 1.807) is 11.3 Å². The first-order chi connectivity index (χ1) is 7.79. The third-order valence-corrected chi connectivity index (χ3v) is 4.20. The standard InChI is InChI=1S/C13H19NOS/c1-2-11(15)8-13-14-12(9-16-13)10-6-4-3-5-7-10/h9-10H,2-8H2,1H3. The van der Waals surface area contributed by atoms with E-state index < -0.39 is 0 Å². The molecule has 2 rings (SSSR count). The number of nitrogens with zero attached hydrogens (tertiary/aromatic N) is 1. The van der Waals surface area contributed by atoms with Gasteiger partial charge in [-0.1, -0.05) is 26.2 Å². The van der Waals surface area contributed by atoms with Crippen molar-refractivity contribution in [2.45, 2.75) is 57.8 Å². The quantitative estimate of drug-likeness (QED) is 0.799. The number of hydrogen-bond donors (Lipinski definition) is 0. The summed E-state index contributed by atoms with van der Waals surface area (Å²) in [5, 5.41) is 3.17. The van der Waals surface area contributed by atoms with Gasteiger partial charge in [0.1, 0.15) is 10.8 Å². The fraction of sp³-hybridized carbons (Fsp3) is 0.692. The Labute approximate surface area is 101 Å². The summed E-state index contributed by atoms with van der Waals surface area (Å²) in [6.07, 6.45) is 7.78. The SMILES string of the molecule is CCC(=O)Cc1nc(C2CCCCC2)cs1. The summed E-state index contributed by atoms with van der Waals surface area (Å²) in [7, 11) is 0. The molecule has 0 amide bonds. The van der Waals surface area contributed by atoms with Gasteiger partial charge < -0.3 is 0 Å². The minimum absolute atomic E-state index is 0.296. The van der Waals surface area contributed by atoms with Crippen molar-refractivity contribution in [2.75, 3.05) is 0 Å². The molecule has 0 saturated heterocycles. The average Bonchev–Trinajstić information content (AvgIpc) is 2.78. The van der Waals surface area contributed by atoms with Crippen LogP contribution in [0.1, 0.15) is 62.1 Å². The van der Waals surface area contributed by atoms with E-state index in [0.717, 1.165) is 5.01 Å². The van der Waals surface area contributed by atoms with Crippen LogP contribution in [0.2, 0.25) is 0 Å². The number of hydrogen-bond acceptors (Lipinski definition) is 3. The second-order valence-corrected chi connectivity index (χ2v) is 5.51. The van der Waals surface area contributed by atoms with Crippen molar-refractivity contribution in [1.29, 1.82) is 0 Å². The molecule has 1 heterocycles. The van der Waals surface area contributed by atoms with E-state index in [1.807, 2.05) is 6.92 Å². The van der Waals surface area contributed by atoms with Gasteiger partial charge in [0.15, 0.2) is 0 Å². The zero-order chi connectivity index (χ0) is 11.4. The van der Waals surface area contributed by atoms with Crippen molar-refractivity contribution < 1.29 is 4.79 Å². The van der Waals surface area contributed by atoms with Gasteiger partial charge in [-0.3, -0.25) is 4.79 Å². The highest BCUT2D eigenvalue weighted by atomic mass is 32.1. The van der Waals surface area contributed by atoms with Crippen LogP contribution in [0.5, 0.6) is 0 Å². The second kappa shape index (κ2) is 5.58. The van der Waals surface area contributed by atoms with Gasteiger partial charge in [-0.15, -0.1) is 11.3 Å². The zero-order valence-corrected chi connectivity index (χ0v) is 10.7. The highest BCUT2D eigenvalue weighted by molar-refractivity contribution is 7.09. The third-order valence-electron chi connectivity index (χ3n) is 3.34. The minimum Gasteiger partial charge on any atom is -0.299 e. The molecule has 0 atom stereocenters. The van der Waals surface area contributed by atoms with E-state index in [9.17, 15) is 4.79 Å². The minimum atomic E-state index is 0.296. The number of ketones is 1. The van der Waals surface area contributed by atoms with E-state index in [0.29, 0.717) is 24.5 Å². The molecular formula is C13H19NOS. The third kappa shape index (κ3) is 2.91. The Bertz CT molecular complexity index is 353. The molecule has 3 heteroatoms. The van der Waals surface area contributed by atoms with Crippen LogP contribution in [0, 0.1) is 0 Å². The Morgan fingerprint density at radius 1 is 1.44 bits per heavy atom. The second-order valence-electron chi connectivity index (χ2n) is 4.57. The Hall–Kier alpha value is -0.700. The fourth-order valence-electron chi connectivity index (χ4n) is 2.29. The average molecular weight is 237 g/mol.